The van der Waals surface area contributed by atoms with E-state index in [2.05, 4.69) is 4.57 Å². The number of nitrogen functional groups attached to an aromatic ring is 1. The lowest BCUT2D eigenvalue weighted by Crippen LogP contribution is -2.00. The van der Waals surface area contributed by atoms with Gasteiger partial charge in [0.1, 0.15) is 0 Å². The van der Waals surface area contributed by atoms with E-state index in [0.717, 1.165) is 36.2 Å². The molecule has 2 aromatic rings. The molecule has 0 fully saturated rings. The van der Waals surface area contributed by atoms with E-state index in [1.54, 1.807) is 13.2 Å². The van der Waals surface area contributed by atoms with E-state index >= 15 is 0 Å². The molecule has 0 saturated carbocycles. The highest BCUT2D eigenvalue weighted by molar-refractivity contribution is 6.31. The Morgan fingerprint density at radius 1 is 1.44 bits per heavy atom. The summed E-state index contributed by atoms with van der Waals surface area (Å²) in [5.41, 5.74) is 7.72. The summed E-state index contributed by atoms with van der Waals surface area (Å²) < 4.78 is 7.18. The molecule has 16 heavy (non-hydrogen) atoms. The van der Waals surface area contributed by atoms with Gasteiger partial charge in [-0.1, -0.05) is 11.6 Å². The fourth-order valence-electron chi connectivity index (χ4n) is 1.86. The van der Waals surface area contributed by atoms with Crippen LogP contribution in [0, 0.1) is 0 Å². The minimum atomic E-state index is 0.677. The molecular formula is C12H15ClN2O. The smallest absolute Gasteiger partial charge is 0.0516 e. The maximum Gasteiger partial charge on any atom is 0.0516 e. The lowest BCUT2D eigenvalue weighted by Gasteiger charge is -2.06. The van der Waals surface area contributed by atoms with Gasteiger partial charge in [0.15, 0.2) is 0 Å². The molecule has 0 radical (unpaired) electrons. The molecule has 3 nitrogen and oxygen atoms in total. The van der Waals surface area contributed by atoms with Crippen molar-refractivity contribution in [2.24, 2.45) is 0 Å². The average Bonchev–Trinajstić information content (AvgIpc) is 2.62. The molecule has 0 saturated heterocycles. The van der Waals surface area contributed by atoms with Crippen LogP contribution in [0.25, 0.3) is 10.9 Å². The van der Waals surface area contributed by atoms with E-state index in [9.17, 15) is 0 Å². The van der Waals surface area contributed by atoms with E-state index < -0.39 is 0 Å². The Balaban J connectivity index is 2.32. The molecule has 2 N–H and O–H groups in total. The molecule has 0 amide bonds. The number of ether oxygens (including phenoxy) is 1. The summed E-state index contributed by atoms with van der Waals surface area (Å²) in [5.74, 6) is 0. The molecule has 2 rings (SSSR count). The standard InChI is InChI=1S/C12H15ClN2O/c1-16-6-2-4-15-5-3-10-11(14)7-9(13)8-12(10)15/h3,5,7-8H,2,4,6,14H2,1H3. The highest BCUT2D eigenvalue weighted by atomic mass is 35.5. The molecule has 4 heteroatoms. The fraction of sp³-hybridized carbons (Fsp3) is 0.333. The molecule has 0 unspecified atom stereocenters. The third-order valence-corrected chi connectivity index (χ3v) is 2.85. The van der Waals surface area contributed by atoms with Crippen LogP contribution >= 0.6 is 11.6 Å². The Morgan fingerprint density at radius 3 is 3.00 bits per heavy atom. The lowest BCUT2D eigenvalue weighted by atomic mass is 10.2. The zero-order valence-corrected chi connectivity index (χ0v) is 10.00. The van der Waals surface area contributed by atoms with Gasteiger partial charge in [-0.05, 0) is 24.6 Å². The normalized spacial score (nSPS) is 11.1. The van der Waals surface area contributed by atoms with Crippen molar-refractivity contribution in [1.82, 2.24) is 4.57 Å². The monoisotopic (exact) mass is 238 g/mol. The largest absolute Gasteiger partial charge is 0.398 e. The number of halogens is 1. The summed E-state index contributed by atoms with van der Waals surface area (Å²) >= 11 is 6.00. The number of methoxy groups -OCH3 is 1. The van der Waals surface area contributed by atoms with Crippen LogP contribution in [-0.4, -0.2) is 18.3 Å². The SMILES string of the molecule is COCCCn1ccc2c(N)cc(Cl)cc21. The number of nitrogens with zero attached hydrogens (tertiary/aromatic N) is 1. The Bertz CT molecular complexity index is 493. The van der Waals surface area contributed by atoms with Crippen LogP contribution in [0.5, 0.6) is 0 Å². The average molecular weight is 239 g/mol. The highest BCUT2D eigenvalue weighted by Gasteiger charge is 2.05. The Kier molecular flexibility index (Phi) is 3.36. The van der Waals surface area contributed by atoms with Gasteiger partial charge in [-0.15, -0.1) is 0 Å². The van der Waals surface area contributed by atoms with Crippen LogP contribution in [0.15, 0.2) is 24.4 Å². The van der Waals surface area contributed by atoms with Crippen molar-refractivity contribution in [2.75, 3.05) is 19.5 Å². The fourth-order valence-corrected chi connectivity index (χ4v) is 2.08. The first-order valence-corrected chi connectivity index (χ1v) is 5.63. The topological polar surface area (TPSA) is 40.2 Å². The predicted molar refractivity (Wildman–Crippen MR) is 67.9 cm³/mol. The van der Waals surface area contributed by atoms with Crippen LogP contribution in [0.1, 0.15) is 6.42 Å². The summed E-state index contributed by atoms with van der Waals surface area (Å²) in [4.78, 5) is 0. The molecule has 0 spiro atoms. The highest BCUT2D eigenvalue weighted by Crippen LogP contribution is 2.26. The van der Waals surface area contributed by atoms with Crippen molar-refractivity contribution in [3.05, 3.63) is 29.4 Å². The molecular weight excluding hydrogens is 224 g/mol. The maximum absolute atomic E-state index is 6.00. The van der Waals surface area contributed by atoms with Crippen LogP contribution in [0.4, 0.5) is 5.69 Å². The number of benzene rings is 1. The van der Waals surface area contributed by atoms with Crippen molar-refractivity contribution in [2.45, 2.75) is 13.0 Å². The molecule has 1 aromatic heterocycles. The van der Waals surface area contributed by atoms with E-state index in [1.807, 2.05) is 18.3 Å². The van der Waals surface area contributed by atoms with Gasteiger partial charge in [-0.25, -0.2) is 0 Å². The number of aryl methyl sites for hydroxylation is 1. The van der Waals surface area contributed by atoms with Gasteiger partial charge in [-0.2, -0.15) is 0 Å². The zero-order valence-electron chi connectivity index (χ0n) is 9.24. The number of hydrogen-bond acceptors (Lipinski definition) is 2. The van der Waals surface area contributed by atoms with Gasteiger partial charge >= 0.3 is 0 Å². The number of nitrogens with two attached hydrogens (primary N) is 1. The van der Waals surface area contributed by atoms with Gasteiger partial charge in [0, 0.05) is 42.6 Å². The van der Waals surface area contributed by atoms with Crippen molar-refractivity contribution in [3.8, 4) is 0 Å². The summed E-state index contributed by atoms with van der Waals surface area (Å²) in [6.45, 7) is 1.67. The Labute approximate surface area is 99.7 Å². The second-order valence-corrected chi connectivity index (χ2v) is 4.22. The molecule has 0 bridgehead atoms. The van der Waals surface area contributed by atoms with E-state index in [4.69, 9.17) is 22.1 Å². The molecule has 0 aliphatic heterocycles. The summed E-state index contributed by atoms with van der Waals surface area (Å²) in [6, 6.07) is 5.75. The van der Waals surface area contributed by atoms with Gasteiger partial charge in [0.05, 0.1) is 5.52 Å². The second-order valence-electron chi connectivity index (χ2n) is 3.78. The molecule has 86 valence electrons. The van der Waals surface area contributed by atoms with Crippen LogP contribution in [0.3, 0.4) is 0 Å². The van der Waals surface area contributed by atoms with E-state index in [1.165, 1.54) is 0 Å². The van der Waals surface area contributed by atoms with E-state index in [-0.39, 0.29) is 0 Å². The van der Waals surface area contributed by atoms with Crippen molar-refractivity contribution >= 4 is 28.2 Å². The van der Waals surface area contributed by atoms with Gasteiger partial charge < -0.3 is 15.0 Å². The third-order valence-electron chi connectivity index (χ3n) is 2.63. The van der Waals surface area contributed by atoms with Crippen molar-refractivity contribution < 1.29 is 4.74 Å². The van der Waals surface area contributed by atoms with Gasteiger partial charge in [0.25, 0.3) is 0 Å². The second kappa shape index (κ2) is 4.76. The summed E-state index contributed by atoms with van der Waals surface area (Å²) in [5, 5.41) is 1.73. The number of rotatable bonds is 4. The van der Waals surface area contributed by atoms with E-state index in [0.29, 0.717) is 5.02 Å². The minimum absolute atomic E-state index is 0.677. The van der Waals surface area contributed by atoms with Gasteiger partial charge in [-0.3, -0.25) is 0 Å². The van der Waals surface area contributed by atoms with Crippen LogP contribution in [-0.2, 0) is 11.3 Å². The summed E-state index contributed by atoms with van der Waals surface area (Å²) in [6.07, 6.45) is 3.01. The minimum Gasteiger partial charge on any atom is -0.398 e. The molecule has 0 aliphatic carbocycles. The molecule has 0 aliphatic rings. The first-order chi connectivity index (χ1) is 7.72. The summed E-state index contributed by atoms with van der Waals surface area (Å²) in [7, 11) is 1.71. The van der Waals surface area contributed by atoms with Crippen molar-refractivity contribution in [1.29, 1.82) is 0 Å². The predicted octanol–water partition coefficient (Wildman–Crippen LogP) is 2.91. The first-order valence-electron chi connectivity index (χ1n) is 5.25. The van der Waals surface area contributed by atoms with Crippen LogP contribution in [0.2, 0.25) is 5.02 Å². The number of fused-ring (bicyclic) bond motifs is 1. The first kappa shape index (κ1) is 11.3. The quantitative estimate of drug-likeness (QED) is 0.657. The molecule has 1 aromatic carbocycles. The number of anilines is 1. The Morgan fingerprint density at radius 2 is 2.25 bits per heavy atom. The maximum atomic E-state index is 6.00. The van der Waals surface area contributed by atoms with Crippen molar-refractivity contribution in [3.63, 3.8) is 0 Å². The molecule has 1 heterocycles. The third kappa shape index (κ3) is 2.15. The zero-order chi connectivity index (χ0) is 11.5. The molecule has 0 atom stereocenters. The lowest BCUT2D eigenvalue weighted by molar-refractivity contribution is 0.190. The number of hydrogen-bond donors (Lipinski definition) is 1. The van der Waals surface area contributed by atoms with Gasteiger partial charge in [0.2, 0.25) is 0 Å². The Hall–Kier alpha value is -1.19. The van der Waals surface area contributed by atoms with Crippen LogP contribution < -0.4 is 5.73 Å². The number of aromatic nitrogens is 1.